The van der Waals surface area contributed by atoms with Gasteiger partial charge >= 0.3 is 0 Å². The molecule has 0 aliphatic carbocycles. The number of para-hydroxylation sites is 1. The zero-order valence-electron chi connectivity index (χ0n) is 6.91. The molecule has 0 N–H and O–H groups in total. The zero-order chi connectivity index (χ0) is 9.97. The van der Waals surface area contributed by atoms with Crippen molar-refractivity contribution in [3.8, 4) is 10.9 Å². The van der Waals surface area contributed by atoms with Crippen LogP contribution in [-0.4, -0.2) is 4.98 Å². The van der Waals surface area contributed by atoms with Crippen LogP contribution in [0.2, 0.25) is 10.2 Å². The Morgan fingerprint density at radius 1 is 1.21 bits per heavy atom. The molecule has 0 amide bonds. The number of rotatable bonds is 2. The third kappa shape index (κ3) is 2.18. The van der Waals surface area contributed by atoms with E-state index in [0.29, 0.717) is 21.1 Å². The molecule has 2 aromatic rings. The van der Waals surface area contributed by atoms with Gasteiger partial charge in [-0.05, 0) is 12.1 Å². The van der Waals surface area contributed by atoms with E-state index in [1.165, 1.54) is 11.3 Å². The fourth-order valence-electron chi connectivity index (χ4n) is 0.907. The summed E-state index contributed by atoms with van der Waals surface area (Å²) in [5, 5.41) is 3.17. The smallest absolute Gasteiger partial charge is 0.280 e. The normalized spacial score (nSPS) is 10.1. The molecule has 5 heteroatoms. The quantitative estimate of drug-likeness (QED) is 0.790. The van der Waals surface area contributed by atoms with Gasteiger partial charge in [0, 0.05) is 5.38 Å². The van der Waals surface area contributed by atoms with Crippen LogP contribution in [0, 0.1) is 0 Å². The van der Waals surface area contributed by atoms with Crippen molar-refractivity contribution in [2.75, 3.05) is 0 Å². The molecular formula is C9H5Cl2NOS. The number of benzene rings is 1. The summed E-state index contributed by atoms with van der Waals surface area (Å²) in [6.07, 6.45) is 0. The van der Waals surface area contributed by atoms with E-state index >= 15 is 0 Å². The summed E-state index contributed by atoms with van der Waals surface area (Å²) in [7, 11) is 0. The summed E-state index contributed by atoms with van der Waals surface area (Å²) in [5.41, 5.74) is 0. The van der Waals surface area contributed by atoms with Crippen LogP contribution in [0.5, 0.6) is 10.9 Å². The topological polar surface area (TPSA) is 22.1 Å². The zero-order valence-corrected chi connectivity index (χ0v) is 9.23. The first-order valence-corrected chi connectivity index (χ1v) is 5.42. The van der Waals surface area contributed by atoms with Crippen molar-refractivity contribution >= 4 is 34.5 Å². The Morgan fingerprint density at radius 2 is 2.00 bits per heavy atom. The van der Waals surface area contributed by atoms with E-state index in [0.717, 1.165) is 0 Å². The fraction of sp³-hybridized carbons (Fsp3) is 0. The summed E-state index contributed by atoms with van der Waals surface area (Å²) in [4.78, 5) is 3.95. The third-order valence-electron chi connectivity index (χ3n) is 1.49. The molecule has 0 aliphatic rings. The molecule has 0 saturated heterocycles. The highest BCUT2D eigenvalue weighted by molar-refractivity contribution is 7.11. The second-order valence-corrected chi connectivity index (χ2v) is 4.08. The lowest BCUT2D eigenvalue weighted by Crippen LogP contribution is -1.83. The molecule has 0 aliphatic heterocycles. The summed E-state index contributed by atoms with van der Waals surface area (Å²) in [5.74, 6) is 0.584. The van der Waals surface area contributed by atoms with Crippen molar-refractivity contribution < 1.29 is 4.74 Å². The van der Waals surface area contributed by atoms with Crippen molar-refractivity contribution in [3.63, 3.8) is 0 Å². The molecule has 1 aromatic carbocycles. The highest BCUT2D eigenvalue weighted by Crippen LogP contribution is 2.31. The van der Waals surface area contributed by atoms with Gasteiger partial charge in [-0.25, -0.2) is 0 Å². The lowest BCUT2D eigenvalue weighted by molar-refractivity contribution is 0.479. The van der Waals surface area contributed by atoms with Crippen molar-refractivity contribution in [2.45, 2.75) is 0 Å². The Labute approximate surface area is 95.1 Å². The minimum atomic E-state index is 0.428. The number of hydrogen-bond donors (Lipinski definition) is 0. The van der Waals surface area contributed by atoms with Gasteiger partial charge in [0.05, 0.1) is 5.02 Å². The molecule has 1 heterocycles. The molecule has 1 aromatic heterocycles. The number of hydrogen-bond acceptors (Lipinski definition) is 3. The van der Waals surface area contributed by atoms with Crippen LogP contribution in [0.25, 0.3) is 0 Å². The van der Waals surface area contributed by atoms with E-state index in [2.05, 4.69) is 4.98 Å². The van der Waals surface area contributed by atoms with E-state index in [1.807, 2.05) is 12.1 Å². The molecule has 0 atom stereocenters. The number of thiazole rings is 1. The summed E-state index contributed by atoms with van der Waals surface area (Å²) < 4.78 is 5.42. The maximum absolute atomic E-state index is 5.90. The van der Waals surface area contributed by atoms with E-state index in [-0.39, 0.29) is 0 Å². The van der Waals surface area contributed by atoms with Gasteiger partial charge < -0.3 is 4.74 Å². The number of halogens is 2. The lowest BCUT2D eigenvalue weighted by atomic mass is 10.3. The summed E-state index contributed by atoms with van der Waals surface area (Å²) >= 11 is 12.9. The van der Waals surface area contributed by atoms with Gasteiger partial charge in [0.2, 0.25) is 0 Å². The van der Waals surface area contributed by atoms with Crippen LogP contribution in [0.3, 0.4) is 0 Å². The van der Waals surface area contributed by atoms with Crippen molar-refractivity contribution in [1.29, 1.82) is 0 Å². The molecule has 2 rings (SSSR count). The monoisotopic (exact) mass is 245 g/mol. The lowest BCUT2D eigenvalue weighted by Gasteiger charge is -2.02. The van der Waals surface area contributed by atoms with Crippen LogP contribution < -0.4 is 4.74 Å². The number of ether oxygens (including phenoxy) is 1. The molecule has 72 valence electrons. The molecule has 0 spiro atoms. The van der Waals surface area contributed by atoms with Gasteiger partial charge in [-0.1, -0.05) is 46.7 Å². The van der Waals surface area contributed by atoms with Gasteiger partial charge in [-0.15, -0.1) is 0 Å². The molecular weight excluding hydrogens is 241 g/mol. The summed E-state index contributed by atoms with van der Waals surface area (Å²) in [6.45, 7) is 0. The Morgan fingerprint density at radius 3 is 2.64 bits per heavy atom. The number of aromatic nitrogens is 1. The molecule has 0 unspecified atom stereocenters. The Bertz CT molecular complexity index is 444. The van der Waals surface area contributed by atoms with Crippen molar-refractivity contribution in [2.24, 2.45) is 0 Å². The largest absolute Gasteiger partial charge is 0.429 e. The molecule has 2 nitrogen and oxygen atoms in total. The van der Waals surface area contributed by atoms with Gasteiger partial charge in [0.25, 0.3) is 5.19 Å². The van der Waals surface area contributed by atoms with Gasteiger partial charge in [-0.3, -0.25) is 0 Å². The van der Waals surface area contributed by atoms with Gasteiger partial charge in [-0.2, -0.15) is 4.98 Å². The summed E-state index contributed by atoms with van der Waals surface area (Å²) in [6, 6.07) is 7.21. The molecule has 14 heavy (non-hydrogen) atoms. The average molecular weight is 246 g/mol. The minimum Gasteiger partial charge on any atom is -0.429 e. The predicted molar refractivity (Wildman–Crippen MR) is 58.7 cm³/mol. The number of nitrogens with zero attached hydrogens (tertiary/aromatic N) is 1. The first-order valence-electron chi connectivity index (χ1n) is 3.79. The second-order valence-electron chi connectivity index (χ2n) is 2.47. The molecule has 0 fully saturated rings. The van der Waals surface area contributed by atoms with E-state index in [4.69, 9.17) is 27.9 Å². The van der Waals surface area contributed by atoms with E-state index in [1.54, 1.807) is 17.5 Å². The van der Waals surface area contributed by atoms with Gasteiger partial charge in [0.15, 0.2) is 0 Å². The van der Waals surface area contributed by atoms with E-state index < -0.39 is 0 Å². The van der Waals surface area contributed by atoms with Crippen LogP contribution in [0.1, 0.15) is 0 Å². The SMILES string of the molecule is Clc1csc(Oc2ccccc2Cl)n1. The third-order valence-corrected chi connectivity index (χ3v) is 2.84. The first kappa shape index (κ1) is 9.77. The Kier molecular flexibility index (Phi) is 2.91. The average Bonchev–Trinajstić information content (AvgIpc) is 2.56. The van der Waals surface area contributed by atoms with Crippen LogP contribution in [0.15, 0.2) is 29.6 Å². The minimum absolute atomic E-state index is 0.428. The molecule has 0 radical (unpaired) electrons. The first-order chi connectivity index (χ1) is 6.75. The Balaban J connectivity index is 2.23. The fourth-order valence-corrected chi connectivity index (χ4v) is 1.88. The van der Waals surface area contributed by atoms with E-state index in [9.17, 15) is 0 Å². The van der Waals surface area contributed by atoms with Crippen molar-refractivity contribution in [1.82, 2.24) is 4.98 Å². The highest BCUT2D eigenvalue weighted by Gasteiger charge is 2.05. The second kappa shape index (κ2) is 4.17. The van der Waals surface area contributed by atoms with Gasteiger partial charge in [0.1, 0.15) is 10.9 Å². The predicted octanol–water partition coefficient (Wildman–Crippen LogP) is 4.24. The highest BCUT2D eigenvalue weighted by atomic mass is 35.5. The standard InChI is InChI=1S/C9H5Cl2NOS/c10-6-3-1-2-4-7(6)13-9-12-8(11)5-14-9/h1-5H. The molecule has 0 saturated carbocycles. The van der Waals surface area contributed by atoms with Crippen molar-refractivity contribution in [3.05, 3.63) is 39.8 Å². The van der Waals surface area contributed by atoms with Crippen LogP contribution >= 0.6 is 34.5 Å². The Hall–Kier alpha value is -0.770. The maximum Gasteiger partial charge on any atom is 0.280 e. The van der Waals surface area contributed by atoms with Crippen LogP contribution in [-0.2, 0) is 0 Å². The van der Waals surface area contributed by atoms with Crippen LogP contribution in [0.4, 0.5) is 0 Å². The maximum atomic E-state index is 5.90. The molecule has 0 bridgehead atoms.